The van der Waals surface area contributed by atoms with E-state index in [1.54, 1.807) is 24.3 Å². The molecule has 10 heteroatoms. The van der Waals surface area contributed by atoms with Gasteiger partial charge in [-0.05, 0) is 62.2 Å². The third-order valence-corrected chi connectivity index (χ3v) is 7.43. The Balaban J connectivity index is 1.81. The third-order valence-electron chi connectivity index (χ3n) is 6.92. The molecule has 4 aromatic rings. The Kier molecular flexibility index (Phi) is 7.29. The van der Waals surface area contributed by atoms with E-state index in [9.17, 15) is 14.7 Å². The van der Waals surface area contributed by atoms with Gasteiger partial charge in [-0.25, -0.2) is 4.98 Å². The first-order valence-electron chi connectivity index (χ1n) is 12.5. The molecule has 2 aromatic carbocycles. The Labute approximate surface area is 236 Å². The second-order valence-corrected chi connectivity index (χ2v) is 10.5. The summed E-state index contributed by atoms with van der Waals surface area (Å²) >= 11 is 12.6. The van der Waals surface area contributed by atoms with Gasteiger partial charge in [-0.1, -0.05) is 41.4 Å². The number of nitrogens with zero attached hydrogens (tertiary/aromatic N) is 4. The van der Waals surface area contributed by atoms with E-state index < -0.39 is 11.6 Å². The molecule has 1 unspecified atom stereocenters. The summed E-state index contributed by atoms with van der Waals surface area (Å²) in [5, 5.41) is 10.0. The standard InChI is InChI=1S/C29H28Cl2N4O4/c1-16(2)34-26-24(32-27(34)21-7-5-6-8-23(21)39-4)29(38)35(25(26)20-10-9-18(30)13-17(20)3)19-14-22(31)28(37)33(15-19)11-12-36/h5-10,13-16,25,36H,11-12H2,1-4H3. The highest BCUT2D eigenvalue weighted by Crippen LogP contribution is 2.46. The van der Waals surface area contributed by atoms with Gasteiger partial charge in [-0.3, -0.25) is 14.5 Å². The maximum Gasteiger partial charge on any atom is 0.279 e. The first-order chi connectivity index (χ1) is 18.7. The minimum absolute atomic E-state index is 0.0421. The van der Waals surface area contributed by atoms with Crippen LogP contribution in [0.15, 0.2) is 59.5 Å². The van der Waals surface area contributed by atoms with E-state index in [1.165, 1.54) is 10.6 Å². The van der Waals surface area contributed by atoms with E-state index in [0.717, 1.165) is 22.4 Å². The molecule has 1 aliphatic rings. The number of amides is 1. The van der Waals surface area contributed by atoms with Crippen molar-refractivity contribution < 1.29 is 14.6 Å². The molecule has 8 nitrogen and oxygen atoms in total. The summed E-state index contributed by atoms with van der Waals surface area (Å²) in [6.45, 7) is 5.81. The maximum absolute atomic E-state index is 14.2. The normalized spacial score (nSPS) is 14.8. The van der Waals surface area contributed by atoms with Crippen LogP contribution in [-0.4, -0.2) is 38.8 Å². The number of aromatic nitrogens is 3. The number of methoxy groups -OCH3 is 1. The Morgan fingerprint density at radius 2 is 1.85 bits per heavy atom. The van der Waals surface area contributed by atoms with Crippen LogP contribution in [-0.2, 0) is 6.54 Å². The number of rotatable bonds is 7. The zero-order valence-electron chi connectivity index (χ0n) is 22.0. The van der Waals surface area contributed by atoms with Crippen LogP contribution >= 0.6 is 23.2 Å². The molecule has 2 aromatic heterocycles. The molecule has 39 heavy (non-hydrogen) atoms. The number of benzene rings is 2. The van der Waals surface area contributed by atoms with Gasteiger partial charge in [0.05, 0.1) is 30.7 Å². The number of aliphatic hydroxyl groups is 1. The predicted molar refractivity (Wildman–Crippen MR) is 152 cm³/mol. The second-order valence-electron chi connectivity index (χ2n) is 9.68. The molecule has 1 N–H and O–H groups in total. The fraction of sp³-hybridized carbons (Fsp3) is 0.276. The van der Waals surface area contributed by atoms with Gasteiger partial charge in [0, 0.05) is 23.8 Å². The van der Waals surface area contributed by atoms with Crippen LogP contribution in [0.25, 0.3) is 11.4 Å². The number of hydrogen-bond acceptors (Lipinski definition) is 5. The van der Waals surface area contributed by atoms with Gasteiger partial charge in [0.25, 0.3) is 11.5 Å². The largest absolute Gasteiger partial charge is 0.496 e. The molecule has 1 atom stereocenters. The Morgan fingerprint density at radius 1 is 1.10 bits per heavy atom. The van der Waals surface area contributed by atoms with E-state index in [1.807, 2.05) is 57.2 Å². The summed E-state index contributed by atoms with van der Waals surface area (Å²) in [5.41, 5.74) is 3.52. The van der Waals surface area contributed by atoms with Crippen LogP contribution in [0.4, 0.5) is 5.69 Å². The highest BCUT2D eigenvalue weighted by atomic mass is 35.5. The minimum Gasteiger partial charge on any atom is -0.496 e. The molecule has 0 bridgehead atoms. The first kappa shape index (κ1) is 27.0. The lowest BCUT2D eigenvalue weighted by Gasteiger charge is -2.30. The van der Waals surface area contributed by atoms with Gasteiger partial charge < -0.3 is 19.0 Å². The monoisotopic (exact) mass is 566 g/mol. The van der Waals surface area contributed by atoms with Gasteiger partial charge in [0.15, 0.2) is 5.69 Å². The van der Waals surface area contributed by atoms with Crippen LogP contribution in [0, 0.1) is 6.92 Å². The zero-order valence-corrected chi connectivity index (χ0v) is 23.5. The van der Waals surface area contributed by atoms with Crippen LogP contribution in [0.5, 0.6) is 5.75 Å². The fourth-order valence-electron chi connectivity index (χ4n) is 5.25. The van der Waals surface area contributed by atoms with Crippen molar-refractivity contribution >= 4 is 34.8 Å². The SMILES string of the molecule is COc1ccccc1-c1nc2c(n1C(C)C)C(c1ccc(Cl)cc1C)N(c1cc(Cl)c(=O)n(CCO)c1)C2=O. The Bertz CT molecular complexity index is 1640. The minimum atomic E-state index is -0.584. The number of aliphatic hydroxyl groups excluding tert-OH is 1. The van der Waals surface area contributed by atoms with Crippen molar-refractivity contribution in [3.8, 4) is 17.1 Å². The highest BCUT2D eigenvalue weighted by Gasteiger charge is 2.45. The highest BCUT2D eigenvalue weighted by molar-refractivity contribution is 6.31. The first-order valence-corrected chi connectivity index (χ1v) is 13.3. The Hall–Kier alpha value is -3.59. The number of aryl methyl sites for hydroxylation is 1. The number of hydrogen-bond donors (Lipinski definition) is 1. The average Bonchev–Trinajstić information content (AvgIpc) is 3.42. The van der Waals surface area contributed by atoms with Crippen molar-refractivity contribution in [2.45, 2.75) is 39.4 Å². The van der Waals surface area contributed by atoms with E-state index >= 15 is 0 Å². The number of halogens is 2. The van der Waals surface area contributed by atoms with Gasteiger partial charge >= 0.3 is 0 Å². The van der Waals surface area contributed by atoms with E-state index in [2.05, 4.69) is 4.57 Å². The lowest BCUT2D eigenvalue weighted by molar-refractivity contribution is 0.0989. The maximum atomic E-state index is 14.2. The molecule has 0 radical (unpaired) electrons. The summed E-state index contributed by atoms with van der Waals surface area (Å²) < 4.78 is 9.00. The van der Waals surface area contributed by atoms with Crippen LogP contribution in [0.2, 0.25) is 10.0 Å². The quantitative estimate of drug-likeness (QED) is 0.312. The summed E-state index contributed by atoms with van der Waals surface area (Å²) in [6, 6.07) is 14.0. The van der Waals surface area contributed by atoms with Gasteiger partial charge in [-0.15, -0.1) is 0 Å². The number of imidazole rings is 1. The molecular weight excluding hydrogens is 539 g/mol. The van der Waals surface area contributed by atoms with Crippen LogP contribution < -0.4 is 15.2 Å². The number of fused-ring (bicyclic) bond motifs is 1. The summed E-state index contributed by atoms with van der Waals surface area (Å²) in [5.74, 6) is 0.944. The number of carbonyl (C=O) groups excluding carboxylic acids is 1. The summed E-state index contributed by atoms with van der Waals surface area (Å²) in [7, 11) is 1.60. The molecule has 0 saturated carbocycles. The topological polar surface area (TPSA) is 89.6 Å². The third kappa shape index (κ3) is 4.52. The van der Waals surface area contributed by atoms with Crippen molar-refractivity contribution in [3.05, 3.63) is 97.6 Å². The van der Waals surface area contributed by atoms with Crippen molar-refractivity contribution in [1.29, 1.82) is 0 Å². The molecule has 0 saturated heterocycles. The predicted octanol–water partition coefficient (Wildman–Crippen LogP) is 5.66. The molecule has 5 rings (SSSR count). The lowest BCUT2D eigenvalue weighted by atomic mass is 9.98. The number of ether oxygens (including phenoxy) is 1. The van der Waals surface area contributed by atoms with Gasteiger partial charge in [0.1, 0.15) is 22.6 Å². The zero-order chi connectivity index (χ0) is 28.0. The number of carbonyl (C=O) groups is 1. The molecule has 0 fully saturated rings. The molecule has 0 spiro atoms. The molecule has 3 heterocycles. The summed E-state index contributed by atoms with van der Waals surface area (Å²) in [6.07, 6.45) is 1.55. The number of pyridine rings is 1. The fourth-order valence-corrected chi connectivity index (χ4v) is 5.70. The molecule has 1 aliphatic heterocycles. The van der Waals surface area contributed by atoms with Crippen LogP contribution in [0.3, 0.4) is 0 Å². The van der Waals surface area contributed by atoms with E-state index in [0.29, 0.717) is 28.0 Å². The van der Waals surface area contributed by atoms with E-state index in [-0.39, 0.29) is 30.1 Å². The lowest BCUT2D eigenvalue weighted by Crippen LogP contribution is -2.32. The summed E-state index contributed by atoms with van der Waals surface area (Å²) in [4.78, 5) is 33.3. The number of anilines is 1. The molecule has 1 amide bonds. The van der Waals surface area contributed by atoms with Crippen LogP contribution in [0.1, 0.15) is 53.2 Å². The average molecular weight is 567 g/mol. The molecule has 202 valence electrons. The van der Waals surface area contributed by atoms with Gasteiger partial charge in [-0.2, -0.15) is 0 Å². The van der Waals surface area contributed by atoms with Crippen molar-refractivity contribution in [2.75, 3.05) is 18.6 Å². The second kappa shape index (κ2) is 10.5. The number of para-hydroxylation sites is 1. The van der Waals surface area contributed by atoms with Crippen molar-refractivity contribution in [1.82, 2.24) is 14.1 Å². The van der Waals surface area contributed by atoms with Crippen molar-refractivity contribution in [2.24, 2.45) is 0 Å². The Morgan fingerprint density at radius 3 is 2.51 bits per heavy atom. The van der Waals surface area contributed by atoms with Gasteiger partial charge in [0.2, 0.25) is 0 Å². The molecule has 0 aliphatic carbocycles. The molecular formula is C29H28Cl2N4O4. The smallest absolute Gasteiger partial charge is 0.279 e. The van der Waals surface area contributed by atoms with E-state index in [4.69, 9.17) is 32.9 Å². The van der Waals surface area contributed by atoms with Crippen molar-refractivity contribution in [3.63, 3.8) is 0 Å².